The molecule has 1 saturated carbocycles. The number of pyridine rings is 1. The number of furan rings is 1. The van der Waals surface area contributed by atoms with E-state index in [1.807, 2.05) is 0 Å². The van der Waals surface area contributed by atoms with E-state index >= 15 is 0 Å². The fourth-order valence-electron chi connectivity index (χ4n) is 1.92. The first-order valence-electron chi connectivity index (χ1n) is 6.81. The molecule has 21 heavy (non-hydrogen) atoms. The zero-order chi connectivity index (χ0) is 14.9. The highest BCUT2D eigenvalue weighted by Gasteiger charge is 2.22. The number of hydrogen-bond donors (Lipinski definition) is 2. The number of sulfonamides is 1. The predicted molar refractivity (Wildman–Crippen MR) is 78.4 cm³/mol. The molecule has 1 fully saturated rings. The van der Waals surface area contributed by atoms with Gasteiger partial charge in [0.2, 0.25) is 5.09 Å². The summed E-state index contributed by atoms with van der Waals surface area (Å²) in [5, 5.41) is 3.19. The number of nitrogens with zero attached hydrogens (tertiary/aromatic N) is 1. The number of hydrogen-bond acceptors (Lipinski definition) is 5. The Morgan fingerprint density at radius 2 is 2.14 bits per heavy atom. The molecule has 0 unspecified atom stereocenters. The summed E-state index contributed by atoms with van der Waals surface area (Å²) in [7, 11) is -3.72. The van der Waals surface area contributed by atoms with Crippen LogP contribution < -0.4 is 10.0 Å². The molecule has 112 valence electrons. The predicted octanol–water partition coefficient (Wildman–Crippen LogP) is 2.04. The maximum atomic E-state index is 12.3. The van der Waals surface area contributed by atoms with Crippen LogP contribution in [-0.2, 0) is 16.6 Å². The Kier molecular flexibility index (Phi) is 3.69. The van der Waals surface area contributed by atoms with Crippen LogP contribution in [0.4, 0.5) is 5.69 Å². The molecule has 2 aromatic rings. The molecule has 0 aliphatic heterocycles. The van der Waals surface area contributed by atoms with Gasteiger partial charge in [-0.25, -0.2) is 0 Å². The Morgan fingerprint density at radius 1 is 1.33 bits per heavy atom. The second kappa shape index (κ2) is 5.50. The van der Waals surface area contributed by atoms with Crippen LogP contribution in [0.1, 0.15) is 24.3 Å². The zero-order valence-corrected chi connectivity index (χ0v) is 12.5. The van der Waals surface area contributed by atoms with Crippen LogP contribution in [0, 0.1) is 6.92 Å². The van der Waals surface area contributed by atoms with Gasteiger partial charge >= 0.3 is 0 Å². The lowest BCUT2D eigenvalue weighted by Gasteiger charge is -2.07. The number of nitrogens with one attached hydrogen (secondary N) is 2. The van der Waals surface area contributed by atoms with Crippen molar-refractivity contribution in [2.75, 3.05) is 4.72 Å². The minimum Gasteiger partial charge on any atom is -0.446 e. The average Bonchev–Trinajstić information content (AvgIpc) is 3.15. The summed E-state index contributed by atoms with van der Waals surface area (Å²) in [5.41, 5.74) is 1.06. The first-order valence-corrected chi connectivity index (χ1v) is 8.29. The molecule has 0 saturated heterocycles. The van der Waals surface area contributed by atoms with Crippen LogP contribution in [0.2, 0.25) is 0 Å². The summed E-state index contributed by atoms with van der Waals surface area (Å²) in [6.07, 6.45) is 3.96. The van der Waals surface area contributed by atoms with Gasteiger partial charge in [-0.15, -0.1) is 0 Å². The molecule has 7 heteroatoms. The van der Waals surface area contributed by atoms with Crippen LogP contribution in [0.5, 0.6) is 0 Å². The first kappa shape index (κ1) is 14.1. The average molecular weight is 307 g/mol. The highest BCUT2D eigenvalue weighted by Crippen LogP contribution is 2.22. The highest BCUT2D eigenvalue weighted by molar-refractivity contribution is 7.92. The lowest BCUT2D eigenvalue weighted by Crippen LogP contribution is -2.15. The van der Waals surface area contributed by atoms with Crippen LogP contribution in [0.25, 0.3) is 0 Å². The Hall–Kier alpha value is -1.86. The van der Waals surface area contributed by atoms with E-state index in [9.17, 15) is 8.42 Å². The highest BCUT2D eigenvalue weighted by atomic mass is 32.2. The van der Waals surface area contributed by atoms with Gasteiger partial charge in [0.1, 0.15) is 5.76 Å². The van der Waals surface area contributed by atoms with Crippen LogP contribution in [0.3, 0.4) is 0 Å². The standard InChI is InChI=1S/C14H17N3O3S/c1-10-13(3-2-8-15-10)17-21(18,19)14-7-6-12(20-14)9-16-11-4-5-11/h2-3,6-8,11,16-17H,4-5,9H2,1H3. The molecular weight excluding hydrogens is 290 g/mol. The fourth-order valence-corrected chi connectivity index (χ4v) is 2.99. The van der Waals surface area contributed by atoms with E-state index < -0.39 is 10.0 Å². The first-order chi connectivity index (χ1) is 10.0. The molecule has 0 aromatic carbocycles. The Morgan fingerprint density at radius 3 is 2.86 bits per heavy atom. The molecule has 0 atom stereocenters. The van der Waals surface area contributed by atoms with Gasteiger partial charge in [-0.2, -0.15) is 8.42 Å². The van der Waals surface area contributed by atoms with Gasteiger partial charge in [-0.1, -0.05) is 0 Å². The van der Waals surface area contributed by atoms with Crippen molar-refractivity contribution in [3.8, 4) is 0 Å². The summed E-state index contributed by atoms with van der Waals surface area (Å²) < 4.78 is 32.4. The second-order valence-electron chi connectivity index (χ2n) is 5.12. The van der Waals surface area contributed by atoms with E-state index in [4.69, 9.17) is 4.42 Å². The quantitative estimate of drug-likeness (QED) is 0.853. The minimum atomic E-state index is -3.72. The maximum absolute atomic E-state index is 12.3. The van der Waals surface area contributed by atoms with Crippen LogP contribution in [-0.4, -0.2) is 19.4 Å². The smallest absolute Gasteiger partial charge is 0.295 e. The van der Waals surface area contributed by atoms with Crippen molar-refractivity contribution >= 4 is 15.7 Å². The third-order valence-corrected chi connectivity index (χ3v) is 4.53. The number of rotatable bonds is 6. The summed E-state index contributed by atoms with van der Waals surface area (Å²) in [6.45, 7) is 2.29. The summed E-state index contributed by atoms with van der Waals surface area (Å²) in [4.78, 5) is 4.05. The molecule has 0 radical (unpaired) electrons. The topological polar surface area (TPSA) is 84.2 Å². The molecule has 2 heterocycles. The summed E-state index contributed by atoms with van der Waals surface area (Å²) in [6, 6.07) is 7.04. The molecular formula is C14H17N3O3S. The molecule has 0 bridgehead atoms. The van der Waals surface area contributed by atoms with Crippen molar-refractivity contribution < 1.29 is 12.8 Å². The van der Waals surface area contributed by atoms with Crippen molar-refractivity contribution in [3.63, 3.8) is 0 Å². The Bertz CT molecular complexity index is 735. The van der Waals surface area contributed by atoms with E-state index in [-0.39, 0.29) is 5.09 Å². The van der Waals surface area contributed by atoms with Gasteiger partial charge in [0.05, 0.1) is 17.9 Å². The fraction of sp³-hybridized carbons (Fsp3) is 0.357. The minimum absolute atomic E-state index is 0.0849. The van der Waals surface area contributed by atoms with Crippen molar-refractivity contribution in [1.29, 1.82) is 0 Å². The van der Waals surface area contributed by atoms with E-state index in [1.165, 1.54) is 18.9 Å². The Labute approximate surface area is 123 Å². The van der Waals surface area contributed by atoms with Crippen LogP contribution in [0.15, 0.2) is 40.0 Å². The van der Waals surface area contributed by atoms with Gasteiger partial charge in [0, 0.05) is 12.2 Å². The number of aryl methyl sites for hydroxylation is 1. The molecule has 2 N–H and O–H groups in total. The molecule has 1 aliphatic rings. The van der Waals surface area contributed by atoms with Gasteiger partial charge in [0.25, 0.3) is 10.0 Å². The molecule has 2 aromatic heterocycles. The van der Waals surface area contributed by atoms with Gasteiger partial charge in [-0.3, -0.25) is 9.71 Å². The Balaban J connectivity index is 1.73. The number of anilines is 1. The maximum Gasteiger partial charge on any atom is 0.295 e. The van der Waals surface area contributed by atoms with Crippen LogP contribution >= 0.6 is 0 Å². The van der Waals surface area contributed by atoms with E-state index in [2.05, 4.69) is 15.0 Å². The normalized spacial score (nSPS) is 15.1. The lowest BCUT2D eigenvalue weighted by molar-refractivity contribution is 0.403. The van der Waals surface area contributed by atoms with Crippen molar-refractivity contribution in [2.45, 2.75) is 37.4 Å². The monoisotopic (exact) mass is 307 g/mol. The molecule has 6 nitrogen and oxygen atoms in total. The zero-order valence-electron chi connectivity index (χ0n) is 11.7. The third kappa shape index (κ3) is 3.43. The van der Waals surface area contributed by atoms with E-state index in [0.29, 0.717) is 29.7 Å². The molecule has 0 amide bonds. The summed E-state index contributed by atoms with van der Waals surface area (Å²) >= 11 is 0. The van der Waals surface area contributed by atoms with Crippen molar-refractivity contribution in [1.82, 2.24) is 10.3 Å². The SMILES string of the molecule is Cc1ncccc1NS(=O)(=O)c1ccc(CNC2CC2)o1. The van der Waals surface area contributed by atoms with Gasteiger partial charge in [0.15, 0.2) is 0 Å². The van der Waals surface area contributed by atoms with Crippen molar-refractivity contribution in [3.05, 3.63) is 41.9 Å². The molecule has 0 spiro atoms. The van der Waals surface area contributed by atoms with E-state index in [1.54, 1.807) is 31.3 Å². The van der Waals surface area contributed by atoms with Gasteiger partial charge < -0.3 is 9.73 Å². The lowest BCUT2D eigenvalue weighted by atomic mass is 10.3. The third-order valence-electron chi connectivity index (χ3n) is 3.30. The van der Waals surface area contributed by atoms with Gasteiger partial charge in [-0.05, 0) is 44.0 Å². The molecule has 1 aliphatic carbocycles. The van der Waals surface area contributed by atoms with Crippen molar-refractivity contribution in [2.24, 2.45) is 0 Å². The second-order valence-corrected chi connectivity index (χ2v) is 6.73. The largest absolute Gasteiger partial charge is 0.446 e. The molecule has 3 rings (SSSR count). The summed E-state index contributed by atoms with van der Waals surface area (Å²) in [5.74, 6) is 0.616. The number of aromatic nitrogens is 1. The van der Waals surface area contributed by atoms with E-state index in [0.717, 1.165) is 0 Å².